The second kappa shape index (κ2) is 11.5. The number of amides is 1. The molecule has 0 saturated carbocycles. The van der Waals surface area contributed by atoms with Gasteiger partial charge in [-0.1, -0.05) is 19.9 Å². The Kier molecular flexibility index (Phi) is 12.0. The van der Waals surface area contributed by atoms with Crippen LogP contribution in [-0.2, 0) is 14.3 Å². The molecule has 6 heteroatoms. The van der Waals surface area contributed by atoms with E-state index in [-0.39, 0.29) is 25.8 Å². The number of nitrogens with one attached hydrogen (secondary N) is 2. The Balaban J connectivity index is 0. The van der Waals surface area contributed by atoms with Crippen LogP contribution in [0.1, 0.15) is 34.6 Å². The van der Waals surface area contributed by atoms with E-state index < -0.39 is 11.4 Å². The number of rotatable bonds is 8. The Morgan fingerprint density at radius 1 is 1.32 bits per heavy atom. The van der Waals surface area contributed by atoms with Crippen molar-refractivity contribution in [1.82, 2.24) is 10.6 Å². The van der Waals surface area contributed by atoms with Gasteiger partial charge in [-0.05, 0) is 27.0 Å². The third kappa shape index (κ3) is 11.3. The van der Waals surface area contributed by atoms with Gasteiger partial charge in [-0.3, -0.25) is 9.59 Å². The van der Waals surface area contributed by atoms with Gasteiger partial charge in [0.2, 0.25) is 5.91 Å². The fourth-order valence-electron chi connectivity index (χ4n) is 0.831. The first kappa shape index (κ1) is 19.8. The number of aliphatic carboxylic acids is 1. The second-order valence-corrected chi connectivity index (χ2v) is 4.16. The zero-order valence-corrected chi connectivity index (χ0v) is 12.4. The van der Waals surface area contributed by atoms with Gasteiger partial charge >= 0.3 is 5.97 Å². The molecule has 0 aliphatic heterocycles. The van der Waals surface area contributed by atoms with Crippen molar-refractivity contribution in [2.75, 3.05) is 19.9 Å². The normalized spacial score (nSPS) is 10.6. The first-order valence-corrected chi connectivity index (χ1v) is 6.32. The van der Waals surface area contributed by atoms with E-state index in [1.807, 2.05) is 20.8 Å². The van der Waals surface area contributed by atoms with Crippen molar-refractivity contribution in [3.8, 4) is 0 Å². The molecule has 0 heterocycles. The molecule has 0 aromatic rings. The average Bonchev–Trinajstić information content (AvgIpc) is 2.37. The number of carboxylic acids is 1. The van der Waals surface area contributed by atoms with Crippen LogP contribution in [0, 0.1) is 5.41 Å². The Labute approximate surface area is 115 Å². The summed E-state index contributed by atoms with van der Waals surface area (Å²) in [7, 11) is 0. The summed E-state index contributed by atoms with van der Waals surface area (Å²) in [5.41, 5.74) is -0.950. The zero-order valence-electron chi connectivity index (χ0n) is 12.4. The molecule has 0 aromatic heterocycles. The Bertz CT molecular complexity index is 288. The van der Waals surface area contributed by atoms with Crippen molar-refractivity contribution in [3.63, 3.8) is 0 Å². The van der Waals surface area contributed by atoms with E-state index in [0.717, 1.165) is 0 Å². The lowest BCUT2D eigenvalue weighted by atomic mass is 9.95. The van der Waals surface area contributed by atoms with Gasteiger partial charge in [-0.2, -0.15) is 0 Å². The van der Waals surface area contributed by atoms with E-state index in [4.69, 9.17) is 9.84 Å². The summed E-state index contributed by atoms with van der Waals surface area (Å²) in [6.45, 7) is 9.17. The summed E-state index contributed by atoms with van der Waals surface area (Å²) >= 11 is 0. The molecule has 0 fully saturated rings. The van der Waals surface area contributed by atoms with Crippen molar-refractivity contribution >= 4 is 11.9 Å². The monoisotopic (exact) mass is 274 g/mol. The molecule has 0 aliphatic carbocycles. The van der Waals surface area contributed by atoms with Crippen molar-refractivity contribution in [3.05, 3.63) is 12.3 Å². The van der Waals surface area contributed by atoms with Crippen LogP contribution in [0.15, 0.2) is 12.3 Å². The first-order valence-electron chi connectivity index (χ1n) is 6.32. The van der Waals surface area contributed by atoms with Crippen LogP contribution in [0.4, 0.5) is 0 Å². The Morgan fingerprint density at radius 2 is 1.89 bits per heavy atom. The molecule has 19 heavy (non-hydrogen) atoms. The van der Waals surface area contributed by atoms with Gasteiger partial charge in [-0.25, -0.2) is 0 Å². The van der Waals surface area contributed by atoms with Crippen LogP contribution in [0.2, 0.25) is 0 Å². The van der Waals surface area contributed by atoms with Crippen LogP contribution in [0.5, 0.6) is 0 Å². The molecule has 0 radical (unpaired) electrons. The molecule has 0 saturated heterocycles. The highest BCUT2D eigenvalue weighted by Gasteiger charge is 2.27. The summed E-state index contributed by atoms with van der Waals surface area (Å²) < 4.78 is 5.08. The number of carbonyl (C=O) groups is 2. The Morgan fingerprint density at radius 3 is 2.37 bits per heavy atom. The van der Waals surface area contributed by atoms with E-state index in [1.165, 1.54) is 0 Å². The molecule has 1 amide bonds. The van der Waals surface area contributed by atoms with Gasteiger partial charge in [0.05, 0.1) is 18.6 Å². The highest BCUT2D eigenvalue weighted by molar-refractivity contribution is 5.78. The van der Waals surface area contributed by atoms with E-state index in [0.29, 0.717) is 0 Å². The smallest absolute Gasteiger partial charge is 0.311 e. The van der Waals surface area contributed by atoms with E-state index in [1.54, 1.807) is 26.1 Å². The Hall–Kier alpha value is -1.56. The topological polar surface area (TPSA) is 87.7 Å². The molecule has 112 valence electrons. The fourth-order valence-corrected chi connectivity index (χ4v) is 0.831. The summed E-state index contributed by atoms with van der Waals surface area (Å²) in [6.07, 6.45) is 3.44. The van der Waals surface area contributed by atoms with Crippen LogP contribution in [0.3, 0.4) is 0 Å². The SMILES string of the molecule is C/C=C\NCC(=O)NCOCC(C)(C)C(=O)O.CC. The predicted molar refractivity (Wildman–Crippen MR) is 74.5 cm³/mol. The number of carboxylic acid groups (broad SMARTS) is 1. The minimum Gasteiger partial charge on any atom is -0.481 e. The zero-order chi connectivity index (χ0) is 15.3. The number of hydrogen-bond acceptors (Lipinski definition) is 4. The lowest BCUT2D eigenvalue weighted by molar-refractivity contribution is -0.150. The molecular formula is C13H26N2O4. The van der Waals surface area contributed by atoms with Crippen molar-refractivity contribution in [1.29, 1.82) is 0 Å². The van der Waals surface area contributed by atoms with Gasteiger partial charge < -0.3 is 20.5 Å². The third-order valence-corrected chi connectivity index (χ3v) is 1.96. The van der Waals surface area contributed by atoms with Gasteiger partial charge in [0.25, 0.3) is 0 Å². The standard InChI is InChI=1S/C11H20N2O4.C2H6/c1-4-5-12-6-9(14)13-8-17-7-11(2,3)10(15)16;1-2/h4-5,12H,6-8H2,1-3H3,(H,13,14)(H,15,16);1-2H3/b5-4-;. The fraction of sp³-hybridized carbons (Fsp3) is 0.692. The molecule has 3 N–H and O–H groups in total. The highest BCUT2D eigenvalue weighted by Crippen LogP contribution is 2.14. The van der Waals surface area contributed by atoms with Gasteiger partial charge in [0.15, 0.2) is 0 Å². The van der Waals surface area contributed by atoms with Crippen molar-refractivity contribution < 1.29 is 19.4 Å². The molecule has 0 rings (SSSR count). The number of allylic oxidation sites excluding steroid dienone is 1. The maximum atomic E-state index is 11.2. The maximum Gasteiger partial charge on any atom is 0.311 e. The van der Waals surface area contributed by atoms with Gasteiger partial charge in [0.1, 0.15) is 6.73 Å². The molecule has 6 nitrogen and oxygen atoms in total. The number of carbonyl (C=O) groups excluding carboxylic acids is 1. The lowest BCUT2D eigenvalue weighted by Gasteiger charge is -2.18. The summed E-state index contributed by atoms with van der Waals surface area (Å²) in [4.78, 5) is 21.9. The second-order valence-electron chi connectivity index (χ2n) is 4.16. The van der Waals surface area contributed by atoms with Crippen molar-refractivity contribution in [2.24, 2.45) is 5.41 Å². The largest absolute Gasteiger partial charge is 0.481 e. The van der Waals surface area contributed by atoms with E-state index in [2.05, 4.69) is 10.6 Å². The highest BCUT2D eigenvalue weighted by atomic mass is 16.5. The van der Waals surface area contributed by atoms with Crippen LogP contribution < -0.4 is 10.6 Å². The summed E-state index contributed by atoms with van der Waals surface area (Å²) in [6, 6.07) is 0. The summed E-state index contributed by atoms with van der Waals surface area (Å²) in [5.74, 6) is -1.14. The third-order valence-electron chi connectivity index (χ3n) is 1.96. The lowest BCUT2D eigenvalue weighted by Crippen LogP contribution is -2.36. The molecule has 0 spiro atoms. The van der Waals surface area contributed by atoms with Crippen LogP contribution >= 0.6 is 0 Å². The van der Waals surface area contributed by atoms with Gasteiger partial charge in [0, 0.05) is 0 Å². The number of hydrogen-bond donors (Lipinski definition) is 3. The van der Waals surface area contributed by atoms with E-state index >= 15 is 0 Å². The molecule has 0 aromatic carbocycles. The first-order chi connectivity index (χ1) is 8.90. The minimum absolute atomic E-state index is 0.00701. The molecular weight excluding hydrogens is 248 g/mol. The molecule has 0 atom stereocenters. The molecule has 0 unspecified atom stereocenters. The minimum atomic E-state index is -0.950. The number of ether oxygens (including phenoxy) is 1. The van der Waals surface area contributed by atoms with E-state index in [9.17, 15) is 9.59 Å². The quantitative estimate of drug-likeness (QED) is 0.459. The average molecular weight is 274 g/mol. The van der Waals surface area contributed by atoms with Crippen LogP contribution in [-0.4, -0.2) is 36.9 Å². The molecule has 0 bridgehead atoms. The van der Waals surface area contributed by atoms with Crippen molar-refractivity contribution in [2.45, 2.75) is 34.6 Å². The summed E-state index contributed by atoms with van der Waals surface area (Å²) in [5, 5.41) is 14.1. The maximum absolute atomic E-state index is 11.2. The van der Waals surface area contributed by atoms with Gasteiger partial charge in [-0.15, -0.1) is 0 Å². The predicted octanol–water partition coefficient (Wildman–Crippen LogP) is 1.34. The van der Waals surface area contributed by atoms with Crippen LogP contribution in [0.25, 0.3) is 0 Å². The molecule has 0 aliphatic rings.